The number of anilines is 1. The Labute approximate surface area is 162 Å². The van der Waals surface area contributed by atoms with Gasteiger partial charge in [0, 0.05) is 12.2 Å². The Morgan fingerprint density at radius 3 is 2.73 bits per heavy atom. The Morgan fingerprint density at radius 2 is 2.00 bits per heavy atom. The van der Waals surface area contributed by atoms with E-state index in [9.17, 15) is 0 Å². The molecule has 2 heterocycles. The Kier molecular flexibility index (Phi) is 7.09. The van der Waals surface area contributed by atoms with Crippen LogP contribution in [0.4, 0.5) is 5.69 Å². The summed E-state index contributed by atoms with van der Waals surface area (Å²) in [6.45, 7) is 7.42. The Morgan fingerprint density at radius 1 is 1.19 bits per heavy atom. The number of likely N-dealkylation sites (tertiary alicyclic amines) is 1. The predicted octanol–water partition coefficient (Wildman–Crippen LogP) is 4.53. The molecule has 1 aliphatic rings. The zero-order valence-electron chi connectivity index (χ0n) is 15.6. The van der Waals surface area contributed by atoms with Crippen LogP contribution >= 0.6 is 12.2 Å². The molecule has 0 unspecified atom stereocenters. The molecule has 26 heavy (non-hydrogen) atoms. The van der Waals surface area contributed by atoms with E-state index >= 15 is 0 Å². The van der Waals surface area contributed by atoms with Gasteiger partial charge in [-0.1, -0.05) is 25.1 Å². The van der Waals surface area contributed by atoms with E-state index in [1.807, 2.05) is 18.2 Å². The number of aryl methyl sites for hydroxylation is 1. The maximum atomic E-state index is 5.75. The minimum Gasteiger partial charge on any atom is -0.467 e. The number of nitrogens with one attached hydrogen (secondary N) is 1. The van der Waals surface area contributed by atoms with Gasteiger partial charge < -0.3 is 19.5 Å². The van der Waals surface area contributed by atoms with E-state index in [-0.39, 0.29) is 0 Å². The third-order valence-corrected chi connectivity index (χ3v) is 5.32. The normalized spacial score (nSPS) is 14.5. The summed E-state index contributed by atoms with van der Waals surface area (Å²) < 4.78 is 5.55. The number of hydrogen-bond acceptors (Lipinski definition) is 3. The van der Waals surface area contributed by atoms with Gasteiger partial charge in [0.1, 0.15) is 5.76 Å². The minimum absolute atomic E-state index is 0.702. The monoisotopic (exact) mass is 371 g/mol. The molecule has 1 aliphatic heterocycles. The molecular formula is C21H29N3OS. The van der Waals surface area contributed by atoms with E-state index in [1.54, 1.807) is 6.26 Å². The minimum atomic E-state index is 0.702. The van der Waals surface area contributed by atoms with Crippen LogP contribution in [0.2, 0.25) is 0 Å². The van der Waals surface area contributed by atoms with Crippen molar-refractivity contribution in [3.05, 3.63) is 54.0 Å². The first-order valence-corrected chi connectivity index (χ1v) is 10.1. The number of nitrogens with zero attached hydrogens (tertiary/aromatic N) is 2. The van der Waals surface area contributed by atoms with E-state index in [1.165, 1.54) is 31.5 Å². The lowest BCUT2D eigenvalue weighted by Crippen LogP contribution is -2.36. The summed E-state index contributed by atoms with van der Waals surface area (Å²) in [5, 5.41) is 4.22. The Bertz CT molecular complexity index is 680. The van der Waals surface area contributed by atoms with Gasteiger partial charge in [0.15, 0.2) is 5.11 Å². The fraction of sp³-hybridized carbons (Fsp3) is 0.476. The van der Waals surface area contributed by atoms with Crippen LogP contribution in [0.1, 0.15) is 37.5 Å². The number of hydrogen-bond donors (Lipinski definition) is 1. The molecule has 1 aromatic heterocycles. The van der Waals surface area contributed by atoms with Crippen molar-refractivity contribution in [3.63, 3.8) is 0 Å². The number of furan rings is 1. The highest BCUT2D eigenvalue weighted by Gasteiger charge is 2.15. The molecule has 140 valence electrons. The summed E-state index contributed by atoms with van der Waals surface area (Å²) in [7, 11) is 0. The van der Waals surface area contributed by atoms with E-state index in [0.717, 1.165) is 42.5 Å². The fourth-order valence-electron chi connectivity index (χ4n) is 3.48. The molecule has 0 atom stereocenters. The third kappa shape index (κ3) is 5.32. The van der Waals surface area contributed by atoms with Crippen LogP contribution in [-0.2, 0) is 13.0 Å². The molecule has 0 spiro atoms. The first-order valence-electron chi connectivity index (χ1n) is 9.65. The number of benzene rings is 1. The average molecular weight is 372 g/mol. The Balaban J connectivity index is 1.61. The van der Waals surface area contributed by atoms with Crippen LogP contribution in [0.25, 0.3) is 0 Å². The van der Waals surface area contributed by atoms with Gasteiger partial charge in [-0.3, -0.25) is 0 Å². The van der Waals surface area contributed by atoms with Gasteiger partial charge in [0.05, 0.1) is 12.8 Å². The van der Waals surface area contributed by atoms with Gasteiger partial charge in [-0.05, 0) is 81.3 Å². The van der Waals surface area contributed by atoms with E-state index in [2.05, 4.69) is 40.2 Å². The molecular weight excluding hydrogens is 342 g/mol. The summed E-state index contributed by atoms with van der Waals surface area (Å²) in [4.78, 5) is 4.77. The molecule has 2 aromatic rings. The second kappa shape index (κ2) is 9.74. The van der Waals surface area contributed by atoms with E-state index in [0.29, 0.717) is 6.54 Å². The van der Waals surface area contributed by atoms with Crippen molar-refractivity contribution >= 4 is 23.0 Å². The van der Waals surface area contributed by atoms with Crippen LogP contribution in [-0.4, -0.2) is 41.1 Å². The van der Waals surface area contributed by atoms with Crippen LogP contribution in [0.3, 0.4) is 0 Å². The largest absolute Gasteiger partial charge is 0.467 e. The smallest absolute Gasteiger partial charge is 0.173 e. The maximum absolute atomic E-state index is 5.75. The van der Waals surface area contributed by atoms with Crippen molar-refractivity contribution in [1.82, 2.24) is 9.80 Å². The molecule has 1 N–H and O–H groups in total. The molecule has 1 saturated heterocycles. The third-order valence-electron chi connectivity index (χ3n) is 4.95. The van der Waals surface area contributed by atoms with Gasteiger partial charge in [-0.25, -0.2) is 0 Å². The average Bonchev–Trinajstić information content (AvgIpc) is 3.35. The Hall–Kier alpha value is -1.85. The fourth-order valence-corrected chi connectivity index (χ4v) is 3.75. The SMILES string of the molecule is CCc1ccccc1NC(=S)N(CCCN1CCCC1)Cc1ccco1. The van der Waals surface area contributed by atoms with Crippen molar-refractivity contribution in [2.45, 2.75) is 39.2 Å². The highest BCUT2D eigenvalue weighted by molar-refractivity contribution is 7.80. The molecule has 5 heteroatoms. The zero-order valence-corrected chi connectivity index (χ0v) is 16.4. The molecule has 0 bridgehead atoms. The topological polar surface area (TPSA) is 31.6 Å². The van der Waals surface area contributed by atoms with Crippen LogP contribution in [0.5, 0.6) is 0 Å². The lowest BCUT2D eigenvalue weighted by atomic mass is 10.1. The molecule has 3 rings (SSSR count). The molecule has 0 radical (unpaired) electrons. The van der Waals surface area contributed by atoms with Crippen LogP contribution in [0, 0.1) is 0 Å². The van der Waals surface area contributed by atoms with E-state index < -0.39 is 0 Å². The van der Waals surface area contributed by atoms with Crippen molar-refractivity contribution in [2.75, 3.05) is 31.5 Å². The highest BCUT2D eigenvalue weighted by atomic mass is 32.1. The van der Waals surface area contributed by atoms with Gasteiger partial charge >= 0.3 is 0 Å². The van der Waals surface area contributed by atoms with Crippen LogP contribution < -0.4 is 5.32 Å². The van der Waals surface area contributed by atoms with Crippen molar-refractivity contribution in [3.8, 4) is 0 Å². The predicted molar refractivity (Wildman–Crippen MR) is 111 cm³/mol. The summed E-state index contributed by atoms with van der Waals surface area (Å²) >= 11 is 5.75. The van der Waals surface area contributed by atoms with Crippen molar-refractivity contribution < 1.29 is 4.42 Å². The van der Waals surface area contributed by atoms with Crippen molar-refractivity contribution in [2.24, 2.45) is 0 Å². The lowest BCUT2D eigenvalue weighted by molar-refractivity contribution is 0.298. The van der Waals surface area contributed by atoms with Crippen molar-refractivity contribution in [1.29, 1.82) is 0 Å². The lowest BCUT2D eigenvalue weighted by Gasteiger charge is -2.26. The van der Waals surface area contributed by atoms with Gasteiger partial charge in [-0.2, -0.15) is 0 Å². The first-order chi connectivity index (χ1) is 12.8. The number of para-hydroxylation sites is 1. The van der Waals surface area contributed by atoms with Gasteiger partial charge in [0.2, 0.25) is 0 Å². The summed E-state index contributed by atoms with van der Waals surface area (Å²) in [5.74, 6) is 0.944. The molecule has 0 aliphatic carbocycles. The second-order valence-electron chi connectivity index (χ2n) is 6.84. The second-order valence-corrected chi connectivity index (χ2v) is 7.23. The summed E-state index contributed by atoms with van der Waals surface area (Å²) in [6.07, 6.45) is 6.49. The van der Waals surface area contributed by atoms with Gasteiger partial charge in [-0.15, -0.1) is 0 Å². The molecule has 1 aromatic carbocycles. The quantitative estimate of drug-likeness (QED) is 0.689. The zero-order chi connectivity index (χ0) is 18.2. The first kappa shape index (κ1) is 18.9. The standard InChI is InChI=1S/C21H29N3OS/c1-2-18-9-3-4-11-20(18)22-21(26)24(17-19-10-7-16-25-19)15-8-14-23-12-5-6-13-23/h3-4,7,9-11,16H,2,5-6,8,12-15,17H2,1H3,(H,22,26). The van der Waals surface area contributed by atoms with E-state index in [4.69, 9.17) is 16.6 Å². The number of thiocarbonyl (C=S) groups is 1. The summed E-state index contributed by atoms with van der Waals surface area (Å²) in [6, 6.07) is 12.3. The molecule has 4 nitrogen and oxygen atoms in total. The molecule has 0 amide bonds. The summed E-state index contributed by atoms with van der Waals surface area (Å²) in [5.41, 5.74) is 2.38. The maximum Gasteiger partial charge on any atom is 0.173 e. The van der Waals surface area contributed by atoms with Gasteiger partial charge in [0.25, 0.3) is 0 Å². The highest BCUT2D eigenvalue weighted by Crippen LogP contribution is 2.17. The van der Waals surface area contributed by atoms with Crippen LogP contribution in [0.15, 0.2) is 47.1 Å². The number of rotatable bonds is 8. The molecule has 1 fully saturated rings. The molecule has 0 saturated carbocycles.